The molecule has 6 heteroatoms. The SMILES string of the molecule is CNC(=O)C(CC(C)C)NCc1cnnn1C. The first-order chi connectivity index (χ1) is 8.04. The molecular weight excluding hydrogens is 218 g/mol. The van der Waals surface area contributed by atoms with E-state index in [9.17, 15) is 4.79 Å². The molecule has 0 aliphatic carbocycles. The molecule has 0 aromatic carbocycles. The zero-order valence-corrected chi connectivity index (χ0v) is 10.9. The van der Waals surface area contributed by atoms with Gasteiger partial charge in [0.1, 0.15) is 0 Å². The molecule has 1 rings (SSSR count). The van der Waals surface area contributed by atoms with E-state index in [4.69, 9.17) is 0 Å². The number of likely N-dealkylation sites (N-methyl/N-ethyl adjacent to an activating group) is 1. The first-order valence-electron chi connectivity index (χ1n) is 5.83. The number of nitrogens with one attached hydrogen (secondary N) is 2. The van der Waals surface area contributed by atoms with Crippen LogP contribution in [0.4, 0.5) is 0 Å². The molecular formula is C11H21N5O. The maximum atomic E-state index is 11.7. The van der Waals surface area contributed by atoms with Crippen LogP contribution in [0.1, 0.15) is 26.0 Å². The van der Waals surface area contributed by atoms with Crippen molar-refractivity contribution in [1.29, 1.82) is 0 Å². The molecule has 6 nitrogen and oxygen atoms in total. The van der Waals surface area contributed by atoms with E-state index in [1.807, 2.05) is 7.05 Å². The average Bonchev–Trinajstić information content (AvgIpc) is 2.68. The Hall–Kier alpha value is -1.43. The number of hydrogen-bond donors (Lipinski definition) is 2. The van der Waals surface area contributed by atoms with Gasteiger partial charge in [0, 0.05) is 20.6 Å². The van der Waals surface area contributed by atoms with Gasteiger partial charge in [0.2, 0.25) is 5.91 Å². The molecule has 0 spiro atoms. The molecule has 17 heavy (non-hydrogen) atoms. The average molecular weight is 239 g/mol. The number of hydrogen-bond acceptors (Lipinski definition) is 4. The molecule has 1 amide bonds. The summed E-state index contributed by atoms with van der Waals surface area (Å²) >= 11 is 0. The Morgan fingerprint density at radius 1 is 1.53 bits per heavy atom. The third-order valence-corrected chi connectivity index (χ3v) is 2.61. The van der Waals surface area contributed by atoms with Gasteiger partial charge in [-0.1, -0.05) is 19.1 Å². The Morgan fingerprint density at radius 3 is 2.71 bits per heavy atom. The molecule has 0 radical (unpaired) electrons. The minimum absolute atomic E-state index is 0.0221. The molecule has 1 aromatic heterocycles. The maximum Gasteiger partial charge on any atom is 0.236 e. The lowest BCUT2D eigenvalue weighted by atomic mass is 10.0. The molecule has 1 atom stereocenters. The molecule has 1 aromatic rings. The first-order valence-corrected chi connectivity index (χ1v) is 5.83. The van der Waals surface area contributed by atoms with E-state index >= 15 is 0 Å². The second kappa shape index (κ2) is 6.34. The van der Waals surface area contributed by atoms with Crippen LogP contribution in [0.2, 0.25) is 0 Å². The van der Waals surface area contributed by atoms with E-state index in [1.165, 1.54) is 0 Å². The van der Waals surface area contributed by atoms with Crippen molar-refractivity contribution < 1.29 is 4.79 Å². The summed E-state index contributed by atoms with van der Waals surface area (Å²) in [6.07, 6.45) is 2.51. The predicted octanol–water partition coefficient (Wildman–Crippen LogP) is 0.0654. The Labute approximate surface area is 102 Å². The van der Waals surface area contributed by atoms with E-state index in [2.05, 4.69) is 34.8 Å². The van der Waals surface area contributed by atoms with E-state index in [1.54, 1.807) is 17.9 Å². The van der Waals surface area contributed by atoms with Crippen LogP contribution in [-0.4, -0.2) is 34.0 Å². The third kappa shape index (κ3) is 4.14. The maximum absolute atomic E-state index is 11.7. The predicted molar refractivity (Wildman–Crippen MR) is 65.2 cm³/mol. The van der Waals surface area contributed by atoms with Gasteiger partial charge >= 0.3 is 0 Å². The minimum atomic E-state index is -0.171. The van der Waals surface area contributed by atoms with Crippen LogP contribution >= 0.6 is 0 Å². The fourth-order valence-electron chi connectivity index (χ4n) is 1.63. The Morgan fingerprint density at radius 2 is 2.24 bits per heavy atom. The summed E-state index contributed by atoms with van der Waals surface area (Å²) in [4.78, 5) is 11.7. The third-order valence-electron chi connectivity index (χ3n) is 2.61. The van der Waals surface area contributed by atoms with Crippen LogP contribution in [-0.2, 0) is 18.4 Å². The first kappa shape index (κ1) is 13.6. The molecule has 96 valence electrons. The van der Waals surface area contributed by atoms with Crippen LogP contribution in [0.25, 0.3) is 0 Å². The highest BCUT2D eigenvalue weighted by atomic mass is 16.2. The molecule has 0 saturated carbocycles. The zero-order valence-electron chi connectivity index (χ0n) is 10.9. The lowest BCUT2D eigenvalue weighted by Gasteiger charge is -2.18. The summed E-state index contributed by atoms with van der Waals surface area (Å²) in [6.45, 7) is 4.79. The molecule has 1 unspecified atom stereocenters. The van der Waals surface area contributed by atoms with Gasteiger partial charge in [-0.05, 0) is 12.3 Å². The van der Waals surface area contributed by atoms with Crippen LogP contribution in [0, 0.1) is 5.92 Å². The van der Waals surface area contributed by atoms with E-state index < -0.39 is 0 Å². The normalized spacial score (nSPS) is 12.8. The highest BCUT2D eigenvalue weighted by Gasteiger charge is 2.18. The van der Waals surface area contributed by atoms with E-state index in [-0.39, 0.29) is 11.9 Å². The van der Waals surface area contributed by atoms with E-state index in [0.717, 1.165) is 12.1 Å². The summed E-state index contributed by atoms with van der Waals surface area (Å²) in [5, 5.41) is 13.6. The van der Waals surface area contributed by atoms with Gasteiger partial charge in [-0.2, -0.15) is 0 Å². The Kier molecular flexibility index (Phi) is 5.09. The minimum Gasteiger partial charge on any atom is -0.358 e. The largest absolute Gasteiger partial charge is 0.358 e. The van der Waals surface area contributed by atoms with Crippen LogP contribution in [0.3, 0.4) is 0 Å². The Balaban J connectivity index is 2.55. The lowest BCUT2D eigenvalue weighted by molar-refractivity contribution is -0.123. The second-order valence-corrected chi connectivity index (χ2v) is 4.53. The van der Waals surface area contributed by atoms with Gasteiger partial charge in [-0.3, -0.25) is 9.48 Å². The highest BCUT2D eigenvalue weighted by molar-refractivity contribution is 5.81. The van der Waals surface area contributed by atoms with Crippen molar-refractivity contribution in [2.75, 3.05) is 7.05 Å². The molecule has 0 aliphatic heterocycles. The van der Waals surface area contributed by atoms with Gasteiger partial charge in [-0.15, -0.1) is 5.10 Å². The standard InChI is InChI=1S/C11H21N5O/c1-8(2)5-10(11(17)12-3)13-6-9-7-14-15-16(9)4/h7-8,10,13H,5-6H2,1-4H3,(H,12,17). The topological polar surface area (TPSA) is 71.8 Å². The van der Waals surface area contributed by atoms with Crippen molar-refractivity contribution in [3.63, 3.8) is 0 Å². The highest BCUT2D eigenvalue weighted by Crippen LogP contribution is 2.06. The number of carbonyl (C=O) groups excluding carboxylic acids is 1. The smallest absolute Gasteiger partial charge is 0.236 e. The summed E-state index contributed by atoms with van der Waals surface area (Å²) in [5.41, 5.74) is 0.961. The number of rotatable bonds is 6. The summed E-state index contributed by atoms with van der Waals surface area (Å²) < 4.78 is 1.70. The number of nitrogens with zero attached hydrogens (tertiary/aromatic N) is 3. The van der Waals surface area contributed by atoms with Gasteiger partial charge in [0.15, 0.2) is 0 Å². The zero-order chi connectivity index (χ0) is 12.8. The summed E-state index contributed by atoms with van der Waals surface area (Å²) in [7, 11) is 3.49. The number of aromatic nitrogens is 3. The van der Waals surface area contributed by atoms with Gasteiger partial charge in [0.05, 0.1) is 17.9 Å². The second-order valence-electron chi connectivity index (χ2n) is 4.53. The van der Waals surface area contributed by atoms with Crippen molar-refractivity contribution in [3.8, 4) is 0 Å². The van der Waals surface area contributed by atoms with Crippen molar-refractivity contribution in [2.45, 2.75) is 32.9 Å². The van der Waals surface area contributed by atoms with Gasteiger partial charge in [0.25, 0.3) is 0 Å². The van der Waals surface area contributed by atoms with Crippen molar-refractivity contribution in [1.82, 2.24) is 25.6 Å². The van der Waals surface area contributed by atoms with Crippen molar-refractivity contribution >= 4 is 5.91 Å². The summed E-state index contributed by atoms with van der Waals surface area (Å²) in [6, 6.07) is -0.171. The fraction of sp³-hybridized carbons (Fsp3) is 0.727. The molecule has 0 saturated heterocycles. The monoisotopic (exact) mass is 239 g/mol. The van der Waals surface area contributed by atoms with Crippen molar-refractivity contribution in [2.24, 2.45) is 13.0 Å². The number of aryl methyl sites for hydroxylation is 1. The molecule has 0 bridgehead atoms. The molecule has 0 aliphatic rings. The number of carbonyl (C=O) groups is 1. The fourth-order valence-corrected chi connectivity index (χ4v) is 1.63. The van der Waals surface area contributed by atoms with Gasteiger partial charge in [-0.25, -0.2) is 0 Å². The van der Waals surface area contributed by atoms with Crippen LogP contribution in [0.15, 0.2) is 6.20 Å². The van der Waals surface area contributed by atoms with Crippen LogP contribution in [0.5, 0.6) is 0 Å². The summed E-state index contributed by atoms with van der Waals surface area (Å²) in [5.74, 6) is 0.489. The van der Waals surface area contributed by atoms with Crippen molar-refractivity contribution in [3.05, 3.63) is 11.9 Å². The van der Waals surface area contributed by atoms with Gasteiger partial charge < -0.3 is 10.6 Å². The molecule has 2 N–H and O–H groups in total. The molecule has 1 heterocycles. The van der Waals surface area contributed by atoms with Crippen LogP contribution < -0.4 is 10.6 Å². The van der Waals surface area contributed by atoms with E-state index in [0.29, 0.717) is 12.5 Å². The quantitative estimate of drug-likeness (QED) is 0.736. The number of amides is 1. The lowest BCUT2D eigenvalue weighted by Crippen LogP contribution is -2.43. The molecule has 0 fully saturated rings. The Bertz CT molecular complexity index is 360.